The van der Waals surface area contributed by atoms with E-state index in [0.717, 1.165) is 18.2 Å². The molecule has 0 aromatic carbocycles. The van der Waals surface area contributed by atoms with Crippen LogP contribution in [0.15, 0.2) is 38.0 Å². The fourth-order valence-electron chi connectivity index (χ4n) is 0.553. The van der Waals surface area contributed by atoms with E-state index in [4.69, 9.17) is 40.9 Å². The number of carboxylic acids is 4. The topological polar surface area (TPSA) is 230 Å². The second-order valence-electron chi connectivity index (χ2n) is 6.30. The van der Waals surface area contributed by atoms with Crippen molar-refractivity contribution in [1.82, 2.24) is 0 Å². The van der Waals surface area contributed by atoms with Crippen molar-refractivity contribution in [2.75, 3.05) is 26.4 Å². The Morgan fingerprint density at radius 2 is 0.875 bits per heavy atom. The largest absolute Gasteiger partial charge is 0.481 e. The summed E-state index contributed by atoms with van der Waals surface area (Å²) in [7, 11) is 0. The number of carboxylic acid groups (broad SMARTS) is 4. The van der Waals surface area contributed by atoms with E-state index in [1.54, 1.807) is 0 Å². The summed E-state index contributed by atoms with van der Waals surface area (Å²) < 4.78 is 0. The molecule has 0 fully saturated rings. The van der Waals surface area contributed by atoms with Crippen LogP contribution >= 0.6 is 0 Å². The van der Waals surface area contributed by atoms with Gasteiger partial charge in [-0.1, -0.05) is 26.7 Å². The van der Waals surface area contributed by atoms with E-state index in [0.29, 0.717) is 6.42 Å². The summed E-state index contributed by atoms with van der Waals surface area (Å²) in [6, 6.07) is 0. The van der Waals surface area contributed by atoms with Gasteiger partial charge in [-0.05, 0) is 20.3 Å². The van der Waals surface area contributed by atoms with Gasteiger partial charge in [-0.3, -0.25) is 4.79 Å². The number of hydrogen-bond donors (Lipinski definition) is 8. The lowest BCUT2D eigenvalue weighted by Crippen LogP contribution is -2.32. The molecule has 0 aliphatic heterocycles. The summed E-state index contributed by atoms with van der Waals surface area (Å²) in [5, 5.41) is 65.4. The lowest BCUT2D eigenvalue weighted by Gasteiger charge is -2.24. The van der Waals surface area contributed by atoms with Gasteiger partial charge in [0, 0.05) is 23.6 Å². The molecular weight excluding hydrogens is 432 g/mol. The van der Waals surface area contributed by atoms with Crippen LogP contribution in [-0.2, 0) is 19.2 Å². The molecule has 0 aromatic rings. The van der Waals surface area contributed by atoms with Crippen LogP contribution in [0.25, 0.3) is 0 Å². The van der Waals surface area contributed by atoms with Gasteiger partial charge in [-0.15, -0.1) is 0 Å². The minimum atomic E-state index is -0.986. The summed E-state index contributed by atoms with van der Waals surface area (Å²) in [6.45, 7) is 12.9. The Balaban J connectivity index is -0.0000000976. The highest BCUT2D eigenvalue weighted by Crippen LogP contribution is 2.18. The molecule has 188 valence electrons. The zero-order valence-electron chi connectivity index (χ0n) is 18.6. The molecule has 32 heavy (non-hydrogen) atoms. The van der Waals surface area contributed by atoms with Crippen LogP contribution in [0.3, 0.4) is 0 Å². The first-order valence-electron chi connectivity index (χ1n) is 8.79. The zero-order chi connectivity index (χ0) is 27.0. The van der Waals surface area contributed by atoms with Crippen molar-refractivity contribution >= 4 is 23.9 Å². The molecule has 0 saturated carbocycles. The van der Waals surface area contributed by atoms with E-state index >= 15 is 0 Å². The van der Waals surface area contributed by atoms with Crippen molar-refractivity contribution in [2.24, 2.45) is 10.8 Å². The SMILES string of the molecule is C=CC(=O)O.C=CC(=O)O.C=CC(=O)O.CC(C)(CO)C(=O)O.CCC(CO)(CO)CO. The smallest absolute Gasteiger partial charge is 0.327 e. The Kier molecular flexibility index (Phi) is 29.8. The van der Waals surface area contributed by atoms with Gasteiger partial charge >= 0.3 is 23.9 Å². The van der Waals surface area contributed by atoms with Crippen LogP contribution in [0, 0.1) is 10.8 Å². The van der Waals surface area contributed by atoms with Crippen molar-refractivity contribution in [2.45, 2.75) is 27.2 Å². The third-order valence-corrected chi connectivity index (χ3v) is 3.25. The number of aliphatic hydroxyl groups excluding tert-OH is 4. The number of aliphatic hydroxyl groups is 4. The molecule has 0 radical (unpaired) electrons. The fraction of sp³-hybridized carbons (Fsp3) is 0.500. The second-order valence-corrected chi connectivity index (χ2v) is 6.30. The zero-order valence-corrected chi connectivity index (χ0v) is 18.6. The van der Waals surface area contributed by atoms with E-state index in [2.05, 4.69) is 19.7 Å². The minimum Gasteiger partial charge on any atom is -0.481 e. The summed E-state index contributed by atoms with van der Waals surface area (Å²) in [5.74, 6) is -3.92. The maximum atomic E-state index is 10.1. The van der Waals surface area contributed by atoms with Gasteiger partial charge in [-0.25, -0.2) is 14.4 Å². The molecule has 12 nitrogen and oxygen atoms in total. The summed E-state index contributed by atoms with van der Waals surface area (Å²) in [6.07, 6.45) is 3.09. The quantitative estimate of drug-likeness (QED) is 0.212. The monoisotopic (exact) mass is 468 g/mol. The average Bonchev–Trinajstić information content (AvgIpc) is 2.77. The van der Waals surface area contributed by atoms with Gasteiger partial charge in [0.1, 0.15) is 0 Å². The van der Waals surface area contributed by atoms with Gasteiger partial charge in [0.15, 0.2) is 0 Å². The number of carbonyl (C=O) groups is 4. The fourth-order valence-corrected chi connectivity index (χ4v) is 0.553. The molecule has 0 aromatic heterocycles. The van der Waals surface area contributed by atoms with E-state index in [-0.39, 0.29) is 26.4 Å². The van der Waals surface area contributed by atoms with Crippen molar-refractivity contribution in [3.05, 3.63) is 38.0 Å². The average molecular weight is 468 g/mol. The van der Waals surface area contributed by atoms with Crippen LogP contribution < -0.4 is 0 Å². The van der Waals surface area contributed by atoms with Crippen LogP contribution in [0.2, 0.25) is 0 Å². The minimum absolute atomic E-state index is 0.156. The number of hydrogen-bond acceptors (Lipinski definition) is 8. The molecule has 0 aliphatic rings. The Labute approximate surface area is 187 Å². The van der Waals surface area contributed by atoms with Crippen molar-refractivity contribution in [3.63, 3.8) is 0 Å². The lowest BCUT2D eigenvalue weighted by atomic mass is 9.88. The van der Waals surface area contributed by atoms with Gasteiger partial charge in [0.05, 0.1) is 31.8 Å². The third-order valence-electron chi connectivity index (χ3n) is 3.25. The highest BCUT2D eigenvalue weighted by Gasteiger charge is 2.25. The summed E-state index contributed by atoms with van der Waals surface area (Å²) in [5.41, 5.74) is -1.65. The first-order valence-corrected chi connectivity index (χ1v) is 8.79. The Morgan fingerprint density at radius 3 is 0.875 bits per heavy atom. The summed E-state index contributed by atoms with van der Waals surface area (Å²) >= 11 is 0. The van der Waals surface area contributed by atoms with Crippen molar-refractivity contribution in [1.29, 1.82) is 0 Å². The van der Waals surface area contributed by atoms with Gasteiger partial charge in [0.25, 0.3) is 0 Å². The standard InChI is InChI=1S/C6H14O3.C5H10O3.3C3H4O2/c1-2-6(3-7,4-8)5-9;1-5(2,3-6)4(7)8;3*1-2-3(4)5/h7-9H,2-5H2,1H3;6H,3H2,1-2H3,(H,7,8);3*2H,1H2,(H,4,5). The molecule has 0 heterocycles. The molecule has 12 heteroatoms. The second kappa shape index (κ2) is 24.2. The van der Waals surface area contributed by atoms with Gasteiger partial charge in [-0.2, -0.15) is 0 Å². The molecule has 0 bridgehead atoms. The number of aliphatic carboxylic acids is 4. The molecule has 0 atom stereocenters. The first kappa shape index (κ1) is 39.4. The normalized spacial score (nSPS) is 9.22. The van der Waals surface area contributed by atoms with Gasteiger partial charge in [0.2, 0.25) is 0 Å². The van der Waals surface area contributed by atoms with Crippen LogP contribution in [0.1, 0.15) is 27.2 Å². The molecule has 8 N–H and O–H groups in total. The molecule has 0 unspecified atom stereocenters. The first-order chi connectivity index (χ1) is 14.6. The Morgan fingerprint density at radius 1 is 0.656 bits per heavy atom. The molecule has 0 amide bonds. The predicted molar refractivity (Wildman–Crippen MR) is 116 cm³/mol. The molecule has 0 saturated heterocycles. The molecular formula is C20H36O12. The molecule has 0 spiro atoms. The Bertz CT molecular complexity index is 503. The highest BCUT2D eigenvalue weighted by atomic mass is 16.4. The van der Waals surface area contributed by atoms with E-state index in [1.165, 1.54) is 13.8 Å². The van der Waals surface area contributed by atoms with Gasteiger partial charge < -0.3 is 40.9 Å². The van der Waals surface area contributed by atoms with E-state index in [1.807, 2.05) is 6.92 Å². The van der Waals surface area contributed by atoms with Crippen molar-refractivity contribution in [3.8, 4) is 0 Å². The maximum absolute atomic E-state index is 10.1. The van der Waals surface area contributed by atoms with E-state index in [9.17, 15) is 19.2 Å². The van der Waals surface area contributed by atoms with Crippen LogP contribution in [-0.4, -0.2) is 91.2 Å². The third kappa shape index (κ3) is 31.6. The summed E-state index contributed by atoms with van der Waals surface area (Å²) in [4.78, 5) is 37.8. The predicted octanol–water partition coefficient (Wildman–Crippen LogP) is 0.220. The lowest BCUT2D eigenvalue weighted by molar-refractivity contribution is -0.149. The molecule has 0 rings (SSSR count). The maximum Gasteiger partial charge on any atom is 0.327 e. The van der Waals surface area contributed by atoms with Crippen LogP contribution in [0.5, 0.6) is 0 Å². The van der Waals surface area contributed by atoms with Crippen molar-refractivity contribution < 1.29 is 60.0 Å². The Hall–Kier alpha value is -3.06. The molecule has 0 aliphatic carbocycles. The van der Waals surface area contributed by atoms with Crippen LogP contribution in [0.4, 0.5) is 0 Å². The number of rotatable bonds is 9. The highest BCUT2D eigenvalue weighted by molar-refractivity contribution is 5.79. The van der Waals surface area contributed by atoms with E-state index < -0.39 is 34.7 Å².